The normalized spacial score (nSPS) is 26.2. The highest BCUT2D eigenvalue weighted by Gasteiger charge is 2.47. The molecule has 0 spiro atoms. The molecule has 6 atom stereocenters. The number of hydrogen-bond acceptors (Lipinski definition) is 6. The van der Waals surface area contributed by atoms with Crippen LogP contribution in [-0.4, -0.2) is 102 Å². The highest BCUT2D eigenvalue weighted by atomic mass is 16.2. The van der Waals surface area contributed by atoms with Crippen LogP contribution in [0.2, 0.25) is 0 Å². The van der Waals surface area contributed by atoms with Crippen LogP contribution in [0.3, 0.4) is 0 Å². The molecule has 12 heteroatoms. The van der Waals surface area contributed by atoms with E-state index in [4.69, 9.17) is 5.73 Å². The Morgan fingerprint density at radius 1 is 0.958 bits per heavy atom. The molecule has 4 aliphatic rings. The van der Waals surface area contributed by atoms with E-state index < -0.39 is 29.6 Å². The third-order valence-corrected chi connectivity index (χ3v) is 10.4. The predicted octanol–water partition coefficient (Wildman–Crippen LogP) is 3.38. The molecule has 0 radical (unpaired) electrons. The highest BCUT2D eigenvalue weighted by molar-refractivity contribution is 6.04. The van der Waals surface area contributed by atoms with Gasteiger partial charge in [0.2, 0.25) is 17.6 Å². The van der Waals surface area contributed by atoms with Gasteiger partial charge in [-0.05, 0) is 60.3 Å². The van der Waals surface area contributed by atoms with Gasteiger partial charge in [0.1, 0.15) is 18.1 Å². The third kappa shape index (κ3) is 8.34. The lowest BCUT2D eigenvalue weighted by Crippen LogP contribution is -2.62. The number of nitrogens with two attached hydrogens (primary N) is 1. The Bertz CT molecular complexity index is 1330. The molecule has 12 nitrogen and oxygen atoms in total. The molecule has 2 saturated heterocycles. The molecule has 2 heterocycles. The fraction of sp³-hybridized carbons (Fsp3) is 0.750. The first kappa shape index (κ1) is 37.3. The summed E-state index contributed by atoms with van der Waals surface area (Å²) >= 11 is 0. The number of nitrogens with zero attached hydrogens (tertiary/aromatic N) is 3. The predicted molar refractivity (Wildman–Crippen MR) is 185 cm³/mol. The van der Waals surface area contributed by atoms with E-state index in [2.05, 4.69) is 29.8 Å². The van der Waals surface area contributed by atoms with Crippen LogP contribution in [0, 0.1) is 28.6 Å². The number of nitrogens with one attached hydrogen (secondary N) is 3. The van der Waals surface area contributed by atoms with E-state index in [0.29, 0.717) is 38.5 Å². The summed E-state index contributed by atoms with van der Waals surface area (Å²) in [5.74, 6) is -0.720. The van der Waals surface area contributed by atoms with Crippen LogP contribution in [-0.2, 0) is 14.4 Å². The minimum absolute atomic E-state index is 0.0671. The molecule has 5 N–H and O–H groups in total. The molecule has 2 aliphatic carbocycles. The fourth-order valence-electron chi connectivity index (χ4n) is 7.33. The SMILES string of the molecule is CC(C)C[C@H]1CCN(C(=O)[C@@H](NC(=O)N[C@H](CN2CCCN(C)C2=O)C(C)(C)C)C(C)(C)C)[C@@H]1C(=O)NC1C=CC2CCC2=C(N)C1=O. The molecule has 0 aromatic carbocycles. The molecular formula is C36H59N7O5. The van der Waals surface area contributed by atoms with E-state index in [1.54, 1.807) is 27.8 Å². The van der Waals surface area contributed by atoms with Gasteiger partial charge >= 0.3 is 12.1 Å². The first-order valence-electron chi connectivity index (χ1n) is 17.7. The number of carbonyl (C=O) groups excluding carboxylic acids is 5. The number of carbonyl (C=O) groups is 5. The number of amides is 6. The zero-order valence-electron chi connectivity index (χ0n) is 30.5. The monoisotopic (exact) mass is 669 g/mol. The first-order valence-corrected chi connectivity index (χ1v) is 17.7. The third-order valence-electron chi connectivity index (χ3n) is 10.4. The summed E-state index contributed by atoms with van der Waals surface area (Å²) in [7, 11) is 1.78. The van der Waals surface area contributed by atoms with Crippen LogP contribution in [0.25, 0.3) is 0 Å². The van der Waals surface area contributed by atoms with Gasteiger partial charge in [-0.25, -0.2) is 9.59 Å². The number of allylic oxidation sites excluding steroid dienone is 2. The fourth-order valence-corrected chi connectivity index (χ4v) is 7.33. The largest absolute Gasteiger partial charge is 0.396 e. The molecule has 0 aromatic heterocycles. The highest BCUT2D eigenvalue weighted by Crippen LogP contribution is 2.38. The van der Waals surface area contributed by atoms with Crippen molar-refractivity contribution in [1.82, 2.24) is 30.7 Å². The van der Waals surface area contributed by atoms with Gasteiger partial charge in [0.25, 0.3) is 0 Å². The van der Waals surface area contributed by atoms with Crippen molar-refractivity contribution in [2.75, 3.05) is 33.2 Å². The van der Waals surface area contributed by atoms with Gasteiger partial charge in [-0.1, -0.05) is 67.5 Å². The second-order valence-corrected chi connectivity index (χ2v) is 16.8. The minimum Gasteiger partial charge on any atom is -0.396 e. The van der Waals surface area contributed by atoms with E-state index in [1.807, 2.05) is 47.6 Å². The number of fused-ring (bicyclic) bond motifs is 1. The second kappa shape index (κ2) is 14.5. The summed E-state index contributed by atoms with van der Waals surface area (Å²) in [6, 6.07) is -3.59. The van der Waals surface area contributed by atoms with Crippen molar-refractivity contribution in [3.8, 4) is 0 Å². The Kier molecular flexibility index (Phi) is 11.3. The van der Waals surface area contributed by atoms with Crippen molar-refractivity contribution in [2.24, 2.45) is 34.3 Å². The summed E-state index contributed by atoms with van der Waals surface area (Å²) in [5.41, 5.74) is 6.32. The number of Topliss-reactive ketones (excluding diaryl/α,β-unsaturated/α-hetero) is 1. The molecule has 4 rings (SSSR count). The minimum atomic E-state index is -0.940. The standard InChI is InChI=1S/C36H59N7O5/c1-21(2)19-23-15-18-43(28(23)31(45)38-25-14-12-22-11-13-24(22)27(37)29(25)44)32(46)30(36(6,7)8)40-33(47)39-26(35(3,4)5)20-42-17-10-16-41(9)34(42)48/h12,14,21-23,25-26,28,30H,10-11,13,15-20,37H2,1-9H3,(H,38,45)(H2,39,40,47)/t22?,23-,25?,26-,28+,30-/m1/s1. The average molecular weight is 670 g/mol. The maximum Gasteiger partial charge on any atom is 0.319 e. The van der Waals surface area contributed by atoms with Crippen LogP contribution in [0.15, 0.2) is 23.4 Å². The van der Waals surface area contributed by atoms with Crippen molar-refractivity contribution in [1.29, 1.82) is 0 Å². The van der Waals surface area contributed by atoms with Crippen molar-refractivity contribution in [2.45, 2.75) is 112 Å². The Morgan fingerprint density at radius 2 is 1.65 bits per heavy atom. The smallest absolute Gasteiger partial charge is 0.319 e. The van der Waals surface area contributed by atoms with Crippen molar-refractivity contribution in [3.63, 3.8) is 0 Å². The molecule has 268 valence electrons. The average Bonchev–Trinajstić information content (AvgIpc) is 3.34. The van der Waals surface area contributed by atoms with Gasteiger partial charge in [0, 0.05) is 39.1 Å². The van der Waals surface area contributed by atoms with E-state index in [-0.39, 0.29) is 52.6 Å². The molecule has 0 aromatic rings. The summed E-state index contributed by atoms with van der Waals surface area (Å²) in [6.45, 7) is 17.9. The van der Waals surface area contributed by atoms with Gasteiger partial charge in [0.05, 0.1) is 11.7 Å². The van der Waals surface area contributed by atoms with Gasteiger partial charge < -0.3 is 36.4 Å². The molecule has 3 fully saturated rings. The van der Waals surface area contributed by atoms with Gasteiger partial charge in [-0.2, -0.15) is 0 Å². The zero-order chi connectivity index (χ0) is 35.7. The Labute approximate surface area is 286 Å². The summed E-state index contributed by atoms with van der Waals surface area (Å²) in [4.78, 5) is 73.3. The van der Waals surface area contributed by atoms with Crippen LogP contribution < -0.4 is 21.7 Å². The molecule has 6 amide bonds. The summed E-state index contributed by atoms with van der Waals surface area (Å²) < 4.78 is 0. The van der Waals surface area contributed by atoms with Crippen molar-refractivity contribution >= 4 is 29.7 Å². The van der Waals surface area contributed by atoms with Crippen LogP contribution in [0.5, 0.6) is 0 Å². The van der Waals surface area contributed by atoms with Gasteiger partial charge in [-0.15, -0.1) is 0 Å². The molecule has 2 aliphatic heterocycles. The van der Waals surface area contributed by atoms with E-state index in [9.17, 15) is 24.0 Å². The lowest BCUT2D eigenvalue weighted by atomic mass is 9.78. The molecule has 1 saturated carbocycles. The maximum atomic E-state index is 14.4. The van der Waals surface area contributed by atoms with Crippen molar-refractivity contribution < 1.29 is 24.0 Å². The van der Waals surface area contributed by atoms with Gasteiger partial charge in [0.15, 0.2) is 0 Å². The second-order valence-electron chi connectivity index (χ2n) is 16.8. The number of hydrogen-bond donors (Lipinski definition) is 4. The van der Waals surface area contributed by atoms with Crippen LogP contribution in [0.1, 0.15) is 87.5 Å². The quantitative estimate of drug-likeness (QED) is 0.276. The van der Waals surface area contributed by atoms with Crippen molar-refractivity contribution in [3.05, 3.63) is 23.4 Å². The van der Waals surface area contributed by atoms with Crippen LogP contribution >= 0.6 is 0 Å². The molecule has 0 bridgehead atoms. The van der Waals surface area contributed by atoms with Crippen LogP contribution in [0.4, 0.5) is 9.59 Å². The maximum absolute atomic E-state index is 14.4. The number of ketones is 1. The number of likely N-dealkylation sites (tertiary alicyclic amines) is 1. The summed E-state index contributed by atoms with van der Waals surface area (Å²) in [5, 5.41) is 8.94. The zero-order valence-corrected chi connectivity index (χ0v) is 30.5. The Balaban J connectivity index is 1.53. The lowest BCUT2D eigenvalue weighted by Gasteiger charge is -2.40. The topological polar surface area (TPSA) is 157 Å². The number of urea groups is 2. The molecule has 48 heavy (non-hydrogen) atoms. The first-order chi connectivity index (χ1) is 22.3. The molecule has 2 unspecified atom stereocenters. The van der Waals surface area contributed by atoms with E-state index in [0.717, 1.165) is 31.3 Å². The molecular weight excluding hydrogens is 610 g/mol. The lowest BCUT2D eigenvalue weighted by molar-refractivity contribution is -0.143. The Hall–Kier alpha value is -3.57. The van der Waals surface area contributed by atoms with E-state index in [1.165, 1.54) is 0 Å². The summed E-state index contributed by atoms with van der Waals surface area (Å²) in [6.07, 6.45) is 7.62. The Morgan fingerprint density at radius 3 is 2.23 bits per heavy atom. The number of rotatable bonds is 9. The van der Waals surface area contributed by atoms with Gasteiger partial charge in [-0.3, -0.25) is 14.4 Å². The van der Waals surface area contributed by atoms with E-state index >= 15 is 0 Å².